The van der Waals surface area contributed by atoms with Crippen molar-refractivity contribution in [1.29, 1.82) is 0 Å². The molecule has 0 aromatic heterocycles. The van der Waals surface area contributed by atoms with Crippen molar-refractivity contribution in [2.24, 2.45) is 11.8 Å². The number of hydrogen-bond donors (Lipinski definition) is 1. The number of ether oxygens (including phenoxy) is 2. The van der Waals surface area contributed by atoms with Gasteiger partial charge in [-0.15, -0.1) is 0 Å². The van der Waals surface area contributed by atoms with E-state index in [1.165, 1.54) is 96.3 Å². The molecule has 0 aliphatic rings. The van der Waals surface area contributed by atoms with Gasteiger partial charge in [0, 0.05) is 13.0 Å². The first kappa shape index (κ1) is 44.9. The second kappa shape index (κ2) is 35.2. The van der Waals surface area contributed by atoms with E-state index in [4.69, 9.17) is 9.47 Å². The molecular formula is C40H79NO5. The zero-order valence-corrected chi connectivity index (χ0v) is 31.3. The molecule has 0 spiro atoms. The van der Waals surface area contributed by atoms with E-state index in [1.807, 2.05) is 6.92 Å². The lowest BCUT2D eigenvalue weighted by atomic mass is 10.0. The van der Waals surface area contributed by atoms with Crippen LogP contribution in [0.1, 0.15) is 195 Å². The number of carbonyl (C=O) groups excluding carboxylic acids is 2. The van der Waals surface area contributed by atoms with Crippen LogP contribution in [0.2, 0.25) is 0 Å². The van der Waals surface area contributed by atoms with Crippen molar-refractivity contribution in [3.8, 4) is 0 Å². The summed E-state index contributed by atoms with van der Waals surface area (Å²) in [6.45, 7) is 13.6. The molecule has 0 aromatic rings. The first-order chi connectivity index (χ1) is 22.4. The average Bonchev–Trinajstić information content (AvgIpc) is 3.03. The van der Waals surface area contributed by atoms with Crippen LogP contribution in [0, 0.1) is 11.8 Å². The predicted octanol–water partition coefficient (Wildman–Crippen LogP) is 10.8. The molecule has 0 saturated heterocycles. The number of unbranched alkanes of at least 4 members (excludes halogenated alkanes) is 18. The van der Waals surface area contributed by atoms with Crippen LogP contribution in [0.3, 0.4) is 0 Å². The SMILES string of the molecule is CCCCCCCCCC(=O)OCCCCCCCN(CCCCO)CCCCCCC(C)C(=O)OCCCCCCCC(C)C. The summed E-state index contributed by atoms with van der Waals surface area (Å²) < 4.78 is 11.0. The second-order valence-electron chi connectivity index (χ2n) is 14.4. The van der Waals surface area contributed by atoms with Gasteiger partial charge < -0.3 is 19.5 Å². The molecule has 0 amide bonds. The van der Waals surface area contributed by atoms with E-state index in [-0.39, 0.29) is 24.5 Å². The Hall–Kier alpha value is -1.14. The Labute approximate surface area is 286 Å². The molecule has 1 unspecified atom stereocenters. The maximum atomic E-state index is 12.3. The fourth-order valence-corrected chi connectivity index (χ4v) is 5.99. The number of hydrogen-bond acceptors (Lipinski definition) is 6. The van der Waals surface area contributed by atoms with Gasteiger partial charge in [0.25, 0.3) is 0 Å². The molecule has 1 N–H and O–H groups in total. The molecule has 0 fully saturated rings. The van der Waals surface area contributed by atoms with Gasteiger partial charge in [-0.05, 0) is 76.9 Å². The topological polar surface area (TPSA) is 76.1 Å². The molecule has 0 aliphatic heterocycles. The summed E-state index contributed by atoms with van der Waals surface area (Å²) in [6.07, 6.45) is 29.7. The summed E-state index contributed by atoms with van der Waals surface area (Å²) in [7, 11) is 0. The smallest absolute Gasteiger partial charge is 0.308 e. The highest BCUT2D eigenvalue weighted by molar-refractivity contribution is 5.71. The van der Waals surface area contributed by atoms with E-state index < -0.39 is 0 Å². The normalized spacial score (nSPS) is 12.2. The van der Waals surface area contributed by atoms with E-state index in [2.05, 4.69) is 25.7 Å². The van der Waals surface area contributed by atoms with Gasteiger partial charge >= 0.3 is 11.9 Å². The summed E-state index contributed by atoms with van der Waals surface area (Å²) in [5, 5.41) is 9.21. The van der Waals surface area contributed by atoms with Gasteiger partial charge in [-0.3, -0.25) is 9.59 Å². The number of nitrogens with zero attached hydrogens (tertiary/aromatic N) is 1. The number of aliphatic hydroxyl groups excluding tert-OH is 1. The van der Waals surface area contributed by atoms with Crippen molar-refractivity contribution in [2.45, 2.75) is 195 Å². The highest BCUT2D eigenvalue weighted by Gasteiger charge is 2.14. The molecule has 0 aromatic carbocycles. The quantitative estimate of drug-likeness (QED) is 0.0536. The van der Waals surface area contributed by atoms with Crippen LogP contribution in [0.25, 0.3) is 0 Å². The van der Waals surface area contributed by atoms with E-state index in [0.717, 1.165) is 89.8 Å². The lowest BCUT2D eigenvalue weighted by Gasteiger charge is -2.22. The summed E-state index contributed by atoms with van der Waals surface area (Å²) >= 11 is 0. The maximum Gasteiger partial charge on any atom is 0.308 e. The number of carbonyl (C=O) groups is 2. The summed E-state index contributed by atoms with van der Waals surface area (Å²) in [4.78, 5) is 26.8. The van der Waals surface area contributed by atoms with Crippen molar-refractivity contribution < 1.29 is 24.2 Å². The zero-order chi connectivity index (χ0) is 33.9. The highest BCUT2D eigenvalue weighted by atomic mass is 16.5. The maximum absolute atomic E-state index is 12.3. The number of rotatable bonds is 36. The van der Waals surface area contributed by atoms with Crippen LogP contribution in [0.5, 0.6) is 0 Å². The monoisotopic (exact) mass is 654 g/mol. The third-order valence-corrected chi connectivity index (χ3v) is 9.18. The largest absolute Gasteiger partial charge is 0.466 e. The molecule has 6 heteroatoms. The third kappa shape index (κ3) is 32.8. The minimum Gasteiger partial charge on any atom is -0.466 e. The third-order valence-electron chi connectivity index (χ3n) is 9.18. The standard InChI is InChI=1S/C40H79NO5/c1-5-6-7-8-9-13-21-30-39(43)45-35-26-18-11-15-22-31-41(33-24-25-34-42)32-23-16-14-20-29-38(4)40(44)46-36-27-17-10-12-19-28-37(2)3/h37-38,42H,5-36H2,1-4H3. The lowest BCUT2D eigenvalue weighted by molar-refractivity contribution is -0.148. The molecule has 0 heterocycles. The molecular weight excluding hydrogens is 574 g/mol. The molecule has 1 atom stereocenters. The molecule has 0 bridgehead atoms. The summed E-state index contributed by atoms with van der Waals surface area (Å²) in [6, 6.07) is 0. The fourth-order valence-electron chi connectivity index (χ4n) is 5.99. The van der Waals surface area contributed by atoms with E-state index in [1.54, 1.807) is 0 Å². The van der Waals surface area contributed by atoms with Gasteiger partial charge in [-0.1, -0.05) is 137 Å². The molecule has 46 heavy (non-hydrogen) atoms. The Morgan fingerprint density at radius 1 is 0.543 bits per heavy atom. The van der Waals surface area contributed by atoms with Gasteiger partial charge in [0.2, 0.25) is 0 Å². The summed E-state index contributed by atoms with van der Waals surface area (Å²) in [5.41, 5.74) is 0. The first-order valence-electron chi connectivity index (χ1n) is 20.1. The van der Waals surface area contributed by atoms with E-state index in [9.17, 15) is 14.7 Å². The van der Waals surface area contributed by atoms with Crippen molar-refractivity contribution in [2.75, 3.05) is 39.5 Å². The lowest BCUT2D eigenvalue weighted by Crippen LogP contribution is -2.27. The molecule has 6 nitrogen and oxygen atoms in total. The number of esters is 2. The minimum absolute atomic E-state index is 0.00276. The van der Waals surface area contributed by atoms with Crippen molar-refractivity contribution >= 4 is 11.9 Å². The van der Waals surface area contributed by atoms with Crippen LogP contribution in [0.4, 0.5) is 0 Å². The van der Waals surface area contributed by atoms with Gasteiger partial charge in [0.15, 0.2) is 0 Å². The van der Waals surface area contributed by atoms with Crippen LogP contribution in [0.15, 0.2) is 0 Å². The minimum atomic E-state index is -0.0204. The molecule has 0 aliphatic carbocycles. The van der Waals surface area contributed by atoms with Crippen LogP contribution in [-0.4, -0.2) is 61.4 Å². The predicted molar refractivity (Wildman–Crippen MR) is 195 cm³/mol. The average molecular weight is 654 g/mol. The van der Waals surface area contributed by atoms with Crippen LogP contribution < -0.4 is 0 Å². The molecule has 0 saturated carbocycles. The van der Waals surface area contributed by atoms with Crippen molar-refractivity contribution in [1.82, 2.24) is 4.90 Å². The van der Waals surface area contributed by atoms with Gasteiger partial charge in [0.05, 0.1) is 19.1 Å². The van der Waals surface area contributed by atoms with Crippen LogP contribution >= 0.6 is 0 Å². The second-order valence-corrected chi connectivity index (χ2v) is 14.4. The van der Waals surface area contributed by atoms with Gasteiger partial charge in [-0.25, -0.2) is 0 Å². The van der Waals surface area contributed by atoms with E-state index in [0.29, 0.717) is 19.6 Å². The zero-order valence-electron chi connectivity index (χ0n) is 31.3. The Bertz CT molecular complexity index is 656. The van der Waals surface area contributed by atoms with Crippen molar-refractivity contribution in [3.05, 3.63) is 0 Å². The van der Waals surface area contributed by atoms with Crippen LogP contribution in [-0.2, 0) is 19.1 Å². The van der Waals surface area contributed by atoms with Gasteiger partial charge in [0.1, 0.15) is 0 Å². The Morgan fingerprint density at radius 2 is 1.00 bits per heavy atom. The fraction of sp³-hybridized carbons (Fsp3) is 0.950. The van der Waals surface area contributed by atoms with E-state index >= 15 is 0 Å². The van der Waals surface area contributed by atoms with Gasteiger partial charge in [-0.2, -0.15) is 0 Å². The van der Waals surface area contributed by atoms with Crippen molar-refractivity contribution in [3.63, 3.8) is 0 Å². The summed E-state index contributed by atoms with van der Waals surface area (Å²) in [5.74, 6) is 0.761. The first-order valence-corrected chi connectivity index (χ1v) is 20.1. The Kier molecular flexibility index (Phi) is 34.3. The molecule has 0 radical (unpaired) electrons. The molecule has 274 valence electrons. The highest BCUT2D eigenvalue weighted by Crippen LogP contribution is 2.15. The Morgan fingerprint density at radius 3 is 1.57 bits per heavy atom. The Balaban J connectivity index is 3.81. The number of aliphatic hydroxyl groups is 1. The molecule has 0 rings (SSSR count).